The Hall–Kier alpha value is -1.92. The van der Waals surface area contributed by atoms with Crippen LogP contribution in [-0.4, -0.2) is 14.5 Å². The predicted octanol–water partition coefficient (Wildman–Crippen LogP) is 3.24. The molecule has 5 nitrogen and oxygen atoms in total. The number of nitrogens with zero attached hydrogens (tertiary/aromatic N) is 3. The second kappa shape index (κ2) is 4.82. The molecule has 0 spiro atoms. The van der Waals surface area contributed by atoms with Crippen molar-refractivity contribution in [1.82, 2.24) is 14.5 Å². The first-order chi connectivity index (χ1) is 10.2. The van der Waals surface area contributed by atoms with Crippen molar-refractivity contribution in [2.75, 3.05) is 0 Å². The Morgan fingerprint density at radius 3 is 3.10 bits per heavy atom. The SMILES string of the molecule is O=c1c2nc(Oc3cccc(Cl)c3)sc2nc2n1CCC2. The monoisotopic (exact) mass is 319 g/mol. The van der Waals surface area contributed by atoms with Gasteiger partial charge >= 0.3 is 0 Å². The molecule has 21 heavy (non-hydrogen) atoms. The zero-order chi connectivity index (χ0) is 14.4. The maximum atomic E-state index is 12.3. The number of benzene rings is 1. The lowest BCUT2D eigenvalue weighted by atomic mass is 10.3. The first-order valence-corrected chi connectivity index (χ1v) is 7.74. The minimum Gasteiger partial charge on any atom is -0.431 e. The number of thiazole rings is 1. The molecule has 7 heteroatoms. The van der Waals surface area contributed by atoms with Gasteiger partial charge in [0.1, 0.15) is 11.6 Å². The number of hydrogen-bond acceptors (Lipinski definition) is 5. The maximum absolute atomic E-state index is 12.3. The van der Waals surface area contributed by atoms with E-state index >= 15 is 0 Å². The van der Waals surface area contributed by atoms with Crippen LogP contribution in [0.2, 0.25) is 5.02 Å². The zero-order valence-corrected chi connectivity index (χ0v) is 12.4. The molecule has 0 saturated carbocycles. The average molecular weight is 320 g/mol. The van der Waals surface area contributed by atoms with Crippen molar-refractivity contribution in [2.45, 2.75) is 19.4 Å². The summed E-state index contributed by atoms with van der Waals surface area (Å²) in [7, 11) is 0. The van der Waals surface area contributed by atoms with Crippen molar-refractivity contribution in [2.24, 2.45) is 0 Å². The minimum atomic E-state index is -0.0790. The lowest BCUT2D eigenvalue weighted by Crippen LogP contribution is -2.20. The molecule has 0 amide bonds. The Bertz CT molecular complexity index is 903. The van der Waals surface area contributed by atoms with Gasteiger partial charge in [-0.1, -0.05) is 29.0 Å². The van der Waals surface area contributed by atoms with Crippen molar-refractivity contribution < 1.29 is 4.74 Å². The molecule has 0 atom stereocenters. The standard InChI is InChI=1S/C14H10ClN3O2S/c15-8-3-1-4-9(7-8)20-14-17-11-12(21-14)16-10-5-2-6-18(10)13(11)19/h1,3-4,7H,2,5-6H2. The number of hydrogen-bond donors (Lipinski definition) is 0. The van der Waals surface area contributed by atoms with E-state index in [0.29, 0.717) is 26.3 Å². The Morgan fingerprint density at radius 2 is 2.24 bits per heavy atom. The fraction of sp³-hybridized carbons (Fsp3) is 0.214. The van der Waals surface area contributed by atoms with E-state index in [4.69, 9.17) is 16.3 Å². The van der Waals surface area contributed by atoms with Gasteiger partial charge in [0.2, 0.25) is 0 Å². The molecular weight excluding hydrogens is 310 g/mol. The molecule has 3 heterocycles. The van der Waals surface area contributed by atoms with Crippen LogP contribution in [0.1, 0.15) is 12.2 Å². The highest BCUT2D eigenvalue weighted by Crippen LogP contribution is 2.30. The van der Waals surface area contributed by atoms with E-state index in [9.17, 15) is 4.79 Å². The van der Waals surface area contributed by atoms with Crippen molar-refractivity contribution in [3.05, 3.63) is 45.5 Å². The summed E-state index contributed by atoms with van der Waals surface area (Å²) in [6, 6.07) is 7.06. The van der Waals surface area contributed by atoms with Crippen LogP contribution >= 0.6 is 22.9 Å². The molecule has 0 N–H and O–H groups in total. The summed E-state index contributed by atoms with van der Waals surface area (Å²) < 4.78 is 7.37. The summed E-state index contributed by atoms with van der Waals surface area (Å²) in [4.78, 5) is 21.7. The molecule has 0 fully saturated rings. The molecule has 0 saturated heterocycles. The van der Waals surface area contributed by atoms with Gasteiger partial charge in [-0.3, -0.25) is 9.36 Å². The highest BCUT2D eigenvalue weighted by atomic mass is 35.5. The third kappa shape index (κ3) is 2.20. The average Bonchev–Trinajstić information content (AvgIpc) is 3.06. The van der Waals surface area contributed by atoms with Crippen LogP contribution in [0.5, 0.6) is 10.9 Å². The minimum absolute atomic E-state index is 0.0790. The third-order valence-corrected chi connectivity index (χ3v) is 4.43. The van der Waals surface area contributed by atoms with E-state index < -0.39 is 0 Å². The summed E-state index contributed by atoms with van der Waals surface area (Å²) in [6.45, 7) is 0.721. The largest absolute Gasteiger partial charge is 0.431 e. The Balaban J connectivity index is 1.78. The van der Waals surface area contributed by atoms with E-state index in [1.54, 1.807) is 28.8 Å². The Kier molecular flexibility index (Phi) is 2.94. The predicted molar refractivity (Wildman–Crippen MR) is 81.5 cm³/mol. The Labute approximate surface area is 128 Å². The first kappa shape index (κ1) is 12.8. The lowest BCUT2D eigenvalue weighted by molar-refractivity contribution is 0.480. The van der Waals surface area contributed by atoms with Crippen LogP contribution in [0.3, 0.4) is 0 Å². The highest BCUT2D eigenvalue weighted by Gasteiger charge is 2.19. The van der Waals surface area contributed by atoms with Gasteiger partial charge < -0.3 is 4.74 Å². The third-order valence-electron chi connectivity index (χ3n) is 3.36. The number of ether oxygens (including phenoxy) is 1. The van der Waals surface area contributed by atoms with Gasteiger partial charge in [-0.05, 0) is 24.6 Å². The molecule has 2 aromatic heterocycles. The normalized spacial score (nSPS) is 13.6. The summed E-state index contributed by atoms with van der Waals surface area (Å²) in [6.07, 6.45) is 1.80. The van der Waals surface area contributed by atoms with Crippen molar-refractivity contribution in [3.63, 3.8) is 0 Å². The molecule has 1 aliphatic rings. The molecule has 1 aliphatic heterocycles. The lowest BCUT2D eigenvalue weighted by Gasteiger charge is -2.00. The maximum Gasteiger partial charge on any atom is 0.281 e. The van der Waals surface area contributed by atoms with Gasteiger partial charge in [0.15, 0.2) is 10.3 Å². The molecule has 1 aromatic carbocycles. The van der Waals surface area contributed by atoms with Crippen LogP contribution in [0.25, 0.3) is 10.3 Å². The van der Waals surface area contributed by atoms with E-state index in [0.717, 1.165) is 25.2 Å². The fourth-order valence-electron chi connectivity index (χ4n) is 2.42. The highest BCUT2D eigenvalue weighted by molar-refractivity contribution is 7.19. The van der Waals surface area contributed by atoms with E-state index in [2.05, 4.69) is 9.97 Å². The first-order valence-electron chi connectivity index (χ1n) is 6.54. The zero-order valence-electron chi connectivity index (χ0n) is 10.9. The van der Waals surface area contributed by atoms with Crippen molar-refractivity contribution >= 4 is 33.3 Å². The summed E-state index contributed by atoms with van der Waals surface area (Å²) in [5.41, 5.74) is 0.298. The molecule has 0 unspecified atom stereocenters. The number of halogens is 1. The number of rotatable bonds is 2. The van der Waals surface area contributed by atoms with Gasteiger partial charge in [-0.25, -0.2) is 4.98 Å². The van der Waals surface area contributed by atoms with Gasteiger partial charge in [-0.2, -0.15) is 4.98 Å². The molecule has 0 aliphatic carbocycles. The van der Waals surface area contributed by atoms with Gasteiger partial charge in [0, 0.05) is 18.0 Å². The quantitative estimate of drug-likeness (QED) is 0.727. The number of aryl methyl sites for hydroxylation is 1. The van der Waals surface area contributed by atoms with Crippen LogP contribution < -0.4 is 10.3 Å². The van der Waals surface area contributed by atoms with Crippen LogP contribution in [0, 0.1) is 0 Å². The number of fused-ring (bicyclic) bond motifs is 2. The topological polar surface area (TPSA) is 57.0 Å². The second-order valence-electron chi connectivity index (χ2n) is 4.78. The number of aromatic nitrogens is 3. The fourth-order valence-corrected chi connectivity index (χ4v) is 3.42. The van der Waals surface area contributed by atoms with E-state index in [-0.39, 0.29) is 5.56 Å². The van der Waals surface area contributed by atoms with Crippen LogP contribution in [0.4, 0.5) is 0 Å². The van der Waals surface area contributed by atoms with Crippen molar-refractivity contribution in [1.29, 1.82) is 0 Å². The molecule has 106 valence electrons. The molecule has 4 rings (SSSR count). The molecule has 3 aromatic rings. The molecule has 0 bridgehead atoms. The van der Waals surface area contributed by atoms with E-state index in [1.807, 2.05) is 0 Å². The molecule has 0 radical (unpaired) electrons. The van der Waals surface area contributed by atoms with Crippen LogP contribution in [-0.2, 0) is 13.0 Å². The van der Waals surface area contributed by atoms with E-state index in [1.165, 1.54) is 11.3 Å². The van der Waals surface area contributed by atoms with Crippen LogP contribution in [0.15, 0.2) is 29.1 Å². The summed E-state index contributed by atoms with van der Waals surface area (Å²) >= 11 is 7.20. The van der Waals surface area contributed by atoms with Gasteiger partial charge in [0.25, 0.3) is 10.8 Å². The van der Waals surface area contributed by atoms with Crippen molar-refractivity contribution in [3.8, 4) is 10.9 Å². The molecular formula is C14H10ClN3O2S. The Morgan fingerprint density at radius 1 is 1.33 bits per heavy atom. The summed E-state index contributed by atoms with van der Waals surface area (Å²) in [5, 5.41) is 0.993. The smallest absolute Gasteiger partial charge is 0.281 e. The second-order valence-corrected chi connectivity index (χ2v) is 6.16. The van der Waals surface area contributed by atoms with Gasteiger partial charge in [0.05, 0.1) is 0 Å². The summed E-state index contributed by atoms with van der Waals surface area (Å²) in [5.74, 6) is 1.43. The van der Waals surface area contributed by atoms with Gasteiger partial charge in [-0.15, -0.1) is 0 Å².